The number of carboxylic acid groups (broad SMARTS) is 1. The van der Waals surface area contributed by atoms with Gasteiger partial charge in [0.2, 0.25) is 0 Å². The molecule has 0 radical (unpaired) electrons. The summed E-state index contributed by atoms with van der Waals surface area (Å²) in [6, 6.07) is 0. The number of hydrogen-bond donors (Lipinski definition) is 1. The van der Waals surface area contributed by atoms with Gasteiger partial charge in [-0.2, -0.15) is 0 Å². The zero-order valence-electron chi connectivity index (χ0n) is 9.73. The largest absolute Gasteiger partial charge is 0.481 e. The Labute approximate surface area is 98.6 Å². The second-order valence-corrected chi connectivity index (χ2v) is 6.30. The molecule has 1 aromatic rings. The van der Waals surface area contributed by atoms with E-state index in [9.17, 15) is 13.2 Å². The van der Waals surface area contributed by atoms with Crippen molar-refractivity contribution >= 4 is 15.8 Å². The van der Waals surface area contributed by atoms with Crippen molar-refractivity contribution in [2.45, 2.75) is 25.6 Å². The quantitative estimate of drug-likeness (QED) is 0.760. The Balaban J connectivity index is 2.98. The minimum Gasteiger partial charge on any atom is -0.481 e. The number of carboxylic acids is 1. The summed E-state index contributed by atoms with van der Waals surface area (Å²) in [5.74, 6) is -1.52. The van der Waals surface area contributed by atoms with E-state index in [1.807, 2.05) is 0 Å². The fourth-order valence-corrected chi connectivity index (χ4v) is 1.71. The van der Waals surface area contributed by atoms with Gasteiger partial charge in [-0.3, -0.25) is 4.79 Å². The van der Waals surface area contributed by atoms with Crippen molar-refractivity contribution in [3.63, 3.8) is 0 Å². The molecule has 0 saturated carbocycles. The van der Waals surface area contributed by atoms with Gasteiger partial charge in [0, 0.05) is 6.26 Å². The lowest BCUT2D eigenvalue weighted by atomic mass is 10.2. The van der Waals surface area contributed by atoms with Crippen LogP contribution in [0.2, 0.25) is 0 Å². The van der Waals surface area contributed by atoms with Crippen LogP contribution in [-0.2, 0) is 21.2 Å². The maximum absolute atomic E-state index is 11.4. The van der Waals surface area contributed by atoms with Crippen molar-refractivity contribution in [2.75, 3.05) is 6.26 Å². The molecule has 0 fully saturated rings. The van der Waals surface area contributed by atoms with Gasteiger partial charge in [0.25, 0.3) is 0 Å². The molecule has 9 heteroatoms. The molecular weight excluding hydrogens is 248 g/mol. The van der Waals surface area contributed by atoms with E-state index in [4.69, 9.17) is 5.11 Å². The Bertz CT molecular complexity index is 509. The van der Waals surface area contributed by atoms with Crippen LogP contribution in [0.5, 0.6) is 0 Å². The number of tetrazole rings is 1. The van der Waals surface area contributed by atoms with Gasteiger partial charge in [-0.05, 0) is 17.4 Å². The summed E-state index contributed by atoms with van der Waals surface area (Å²) < 4.78 is 24.0. The molecule has 2 unspecified atom stereocenters. The van der Waals surface area contributed by atoms with Crippen LogP contribution < -0.4 is 0 Å². The third-order valence-electron chi connectivity index (χ3n) is 2.43. The standard InChI is InChI=1S/C8H14N4O4S/c1-5(8(13)14)4-12-7(9-10-11-12)6(2)17(3,15)16/h5-6H,4H2,1-3H3,(H,13,14). The van der Waals surface area contributed by atoms with Crippen molar-refractivity contribution in [1.82, 2.24) is 20.2 Å². The van der Waals surface area contributed by atoms with Gasteiger partial charge < -0.3 is 5.11 Å². The van der Waals surface area contributed by atoms with E-state index in [-0.39, 0.29) is 12.4 Å². The molecule has 2 atom stereocenters. The van der Waals surface area contributed by atoms with E-state index in [1.54, 1.807) is 0 Å². The zero-order valence-corrected chi connectivity index (χ0v) is 10.5. The summed E-state index contributed by atoms with van der Waals surface area (Å²) in [4.78, 5) is 10.7. The molecule has 0 saturated heterocycles. The molecule has 96 valence electrons. The molecular formula is C8H14N4O4S. The van der Waals surface area contributed by atoms with Crippen LogP contribution >= 0.6 is 0 Å². The van der Waals surface area contributed by atoms with Crippen molar-refractivity contribution in [3.8, 4) is 0 Å². The SMILES string of the molecule is CC(Cn1nnnc1C(C)S(C)(=O)=O)C(=O)O. The first-order valence-corrected chi connectivity index (χ1v) is 6.86. The molecule has 0 bridgehead atoms. The first-order chi connectivity index (χ1) is 7.73. The third-order valence-corrected chi connectivity index (χ3v) is 3.93. The highest BCUT2D eigenvalue weighted by molar-refractivity contribution is 7.90. The number of carbonyl (C=O) groups is 1. The normalized spacial score (nSPS) is 15.5. The average molecular weight is 262 g/mol. The van der Waals surface area contributed by atoms with E-state index in [0.29, 0.717) is 0 Å². The molecule has 8 nitrogen and oxygen atoms in total. The molecule has 0 aromatic carbocycles. The Morgan fingerprint density at radius 2 is 2.06 bits per heavy atom. The van der Waals surface area contributed by atoms with E-state index >= 15 is 0 Å². The van der Waals surface area contributed by atoms with Crippen LogP contribution in [0.4, 0.5) is 0 Å². The lowest BCUT2D eigenvalue weighted by Gasteiger charge is -2.11. The second-order valence-electron chi connectivity index (χ2n) is 3.93. The number of aliphatic carboxylic acids is 1. The topological polar surface area (TPSA) is 115 Å². The molecule has 1 rings (SSSR count). The van der Waals surface area contributed by atoms with Gasteiger partial charge >= 0.3 is 5.97 Å². The summed E-state index contributed by atoms with van der Waals surface area (Å²) in [6.07, 6.45) is 1.08. The maximum Gasteiger partial charge on any atom is 0.308 e. The highest BCUT2D eigenvalue weighted by Gasteiger charge is 2.25. The second kappa shape index (κ2) is 4.78. The molecule has 0 aliphatic heterocycles. The van der Waals surface area contributed by atoms with Crippen LogP contribution in [0.3, 0.4) is 0 Å². The first kappa shape index (κ1) is 13.6. The van der Waals surface area contributed by atoms with Gasteiger partial charge in [-0.25, -0.2) is 13.1 Å². The van der Waals surface area contributed by atoms with Crippen molar-refractivity contribution < 1.29 is 18.3 Å². The van der Waals surface area contributed by atoms with Crippen molar-refractivity contribution in [2.24, 2.45) is 5.92 Å². The predicted octanol–water partition coefficient (Wildman–Crippen LogP) is -0.501. The molecule has 0 aliphatic rings. The van der Waals surface area contributed by atoms with Gasteiger partial charge in [0.05, 0.1) is 12.5 Å². The van der Waals surface area contributed by atoms with E-state index in [0.717, 1.165) is 6.26 Å². The van der Waals surface area contributed by atoms with Crippen LogP contribution in [-0.4, -0.2) is 46.0 Å². The Kier molecular flexibility index (Phi) is 3.81. The van der Waals surface area contributed by atoms with Gasteiger partial charge in [-0.1, -0.05) is 6.92 Å². The number of nitrogens with zero attached hydrogens (tertiary/aromatic N) is 4. The van der Waals surface area contributed by atoms with E-state index < -0.39 is 27.0 Å². The highest BCUT2D eigenvalue weighted by Crippen LogP contribution is 2.18. The summed E-state index contributed by atoms with van der Waals surface area (Å²) in [6.45, 7) is 3.00. The van der Waals surface area contributed by atoms with Crippen molar-refractivity contribution in [1.29, 1.82) is 0 Å². The summed E-state index contributed by atoms with van der Waals surface area (Å²) in [7, 11) is -3.32. The Hall–Kier alpha value is -1.51. The predicted molar refractivity (Wildman–Crippen MR) is 57.9 cm³/mol. The summed E-state index contributed by atoms with van der Waals surface area (Å²) in [5.41, 5.74) is 0. The molecule has 0 aliphatic carbocycles. The Morgan fingerprint density at radius 1 is 1.47 bits per heavy atom. The van der Waals surface area contributed by atoms with E-state index in [1.165, 1.54) is 18.5 Å². The van der Waals surface area contributed by atoms with Crippen LogP contribution in [0.15, 0.2) is 0 Å². The smallest absolute Gasteiger partial charge is 0.308 e. The fourth-order valence-electron chi connectivity index (χ4n) is 1.16. The lowest BCUT2D eigenvalue weighted by molar-refractivity contribution is -0.141. The number of sulfone groups is 1. The van der Waals surface area contributed by atoms with Crippen LogP contribution in [0.1, 0.15) is 24.9 Å². The lowest BCUT2D eigenvalue weighted by Crippen LogP contribution is -2.21. The molecule has 17 heavy (non-hydrogen) atoms. The number of hydrogen-bond acceptors (Lipinski definition) is 6. The molecule has 0 spiro atoms. The minimum absolute atomic E-state index is 0.0392. The fraction of sp³-hybridized carbons (Fsp3) is 0.750. The molecule has 1 heterocycles. The van der Waals surface area contributed by atoms with Crippen LogP contribution in [0, 0.1) is 5.92 Å². The molecule has 0 amide bonds. The molecule has 1 N–H and O–H groups in total. The zero-order chi connectivity index (χ0) is 13.2. The van der Waals surface area contributed by atoms with Gasteiger partial charge in [0.1, 0.15) is 5.25 Å². The monoisotopic (exact) mass is 262 g/mol. The summed E-state index contributed by atoms with van der Waals surface area (Å²) in [5, 5.41) is 18.5. The Morgan fingerprint density at radius 3 is 2.53 bits per heavy atom. The average Bonchev–Trinajstić information content (AvgIpc) is 2.62. The van der Waals surface area contributed by atoms with Crippen molar-refractivity contribution in [3.05, 3.63) is 5.82 Å². The molecule has 1 aromatic heterocycles. The number of aromatic nitrogens is 4. The van der Waals surface area contributed by atoms with Gasteiger partial charge in [0.15, 0.2) is 15.7 Å². The highest BCUT2D eigenvalue weighted by atomic mass is 32.2. The van der Waals surface area contributed by atoms with Gasteiger partial charge in [-0.15, -0.1) is 5.10 Å². The number of rotatable bonds is 5. The summed E-state index contributed by atoms with van der Waals surface area (Å²) >= 11 is 0. The minimum atomic E-state index is -3.32. The van der Waals surface area contributed by atoms with E-state index in [2.05, 4.69) is 15.5 Å². The third kappa shape index (κ3) is 3.22. The first-order valence-electron chi connectivity index (χ1n) is 4.91. The maximum atomic E-state index is 11.4. The van der Waals surface area contributed by atoms with Crippen LogP contribution in [0.25, 0.3) is 0 Å².